The standard InChI is InChI=1S/C19H25F3N4O.HI/c1-3-23-18(24-13-17(27)25(2)14-19(20,21)22)26-11-9-16(10-12-26)15-7-5-4-6-8-15;/h4-9H,3,10-14H2,1-2H3,(H,23,24);1H. The predicted octanol–water partition coefficient (Wildman–Crippen LogP) is 3.38. The van der Waals surface area contributed by atoms with Crippen molar-refractivity contribution in [2.45, 2.75) is 19.5 Å². The van der Waals surface area contributed by atoms with Gasteiger partial charge >= 0.3 is 6.18 Å². The van der Waals surface area contributed by atoms with Crippen LogP contribution in [0.15, 0.2) is 41.4 Å². The molecule has 0 aliphatic carbocycles. The minimum absolute atomic E-state index is 0. The molecule has 1 aromatic carbocycles. The number of halogens is 4. The number of aliphatic imine (C=N–C) groups is 1. The second kappa shape index (κ2) is 11.3. The first-order valence-electron chi connectivity index (χ1n) is 8.88. The van der Waals surface area contributed by atoms with Gasteiger partial charge in [-0.25, -0.2) is 4.99 Å². The lowest BCUT2D eigenvalue weighted by atomic mass is 10.00. The van der Waals surface area contributed by atoms with Crippen molar-refractivity contribution < 1.29 is 18.0 Å². The van der Waals surface area contributed by atoms with E-state index in [0.29, 0.717) is 23.9 Å². The fraction of sp³-hybridized carbons (Fsp3) is 0.474. The molecule has 156 valence electrons. The van der Waals surface area contributed by atoms with E-state index in [-0.39, 0.29) is 30.5 Å². The van der Waals surface area contributed by atoms with E-state index in [0.717, 1.165) is 20.0 Å². The molecule has 0 atom stereocenters. The van der Waals surface area contributed by atoms with Crippen molar-refractivity contribution >= 4 is 41.4 Å². The Kier molecular flexibility index (Phi) is 9.77. The lowest BCUT2D eigenvalue weighted by molar-refractivity contribution is -0.157. The molecule has 0 bridgehead atoms. The quantitative estimate of drug-likeness (QED) is 0.376. The summed E-state index contributed by atoms with van der Waals surface area (Å²) in [6.07, 6.45) is -1.47. The van der Waals surface area contributed by atoms with Crippen molar-refractivity contribution in [2.24, 2.45) is 4.99 Å². The summed E-state index contributed by atoms with van der Waals surface area (Å²) >= 11 is 0. The van der Waals surface area contributed by atoms with Crippen LogP contribution < -0.4 is 5.32 Å². The normalized spacial score (nSPS) is 14.8. The fourth-order valence-corrected chi connectivity index (χ4v) is 2.82. The first kappa shape index (κ1) is 24.3. The van der Waals surface area contributed by atoms with Crippen LogP contribution in [0.3, 0.4) is 0 Å². The molecule has 1 N–H and O–H groups in total. The van der Waals surface area contributed by atoms with Gasteiger partial charge in [-0.1, -0.05) is 36.4 Å². The summed E-state index contributed by atoms with van der Waals surface area (Å²) in [7, 11) is 1.13. The average Bonchev–Trinajstić information content (AvgIpc) is 2.64. The van der Waals surface area contributed by atoms with Gasteiger partial charge in [0.2, 0.25) is 5.91 Å². The molecule has 9 heteroatoms. The summed E-state index contributed by atoms with van der Waals surface area (Å²) in [4.78, 5) is 18.8. The minimum Gasteiger partial charge on any atom is -0.356 e. The molecular formula is C19H26F3IN4O. The third-order valence-electron chi connectivity index (χ3n) is 4.19. The van der Waals surface area contributed by atoms with Crippen LogP contribution in [-0.4, -0.2) is 67.6 Å². The highest BCUT2D eigenvalue weighted by Crippen LogP contribution is 2.22. The van der Waals surface area contributed by atoms with Gasteiger partial charge < -0.3 is 15.1 Å². The van der Waals surface area contributed by atoms with Crippen LogP contribution in [0.2, 0.25) is 0 Å². The number of nitrogens with one attached hydrogen (secondary N) is 1. The van der Waals surface area contributed by atoms with Crippen molar-refractivity contribution in [1.82, 2.24) is 15.1 Å². The molecule has 28 heavy (non-hydrogen) atoms. The number of rotatable bonds is 5. The summed E-state index contributed by atoms with van der Waals surface area (Å²) in [5.41, 5.74) is 2.44. The van der Waals surface area contributed by atoms with Crippen LogP contribution in [0.1, 0.15) is 18.9 Å². The highest BCUT2D eigenvalue weighted by atomic mass is 127. The zero-order valence-corrected chi connectivity index (χ0v) is 18.3. The fourth-order valence-electron chi connectivity index (χ4n) is 2.82. The summed E-state index contributed by atoms with van der Waals surface area (Å²) in [6.45, 7) is 2.27. The minimum atomic E-state index is -4.41. The maximum Gasteiger partial charge on any atom is 0.406 e. The van der Waals surface area contributed by atoms with E-state index in [1.54, 1.807) is 0 Å². The van der Waals surface area contributed by atoms with Crippen molar-refractivity contribution in [3.8, 4) is 0 Å². The van der Waals surface area contributed by atoms with E-state index < -0.39 is 18.6 Å². The van der Waals surface area contributed by atoms with Gasteiger partial charge in [-0.05, 0) is 24.5 Å². The third kappa shape index (κ3) is 7.69. The lowest BCUT2D eigenvalue weighted by Crippen LogP contribution is -2.44. The average molecular weight is 510 g/mol. The largest absolute Gasteiger partial charge is 0.406 e. The Morgan fingerprint density at radius 2 is 1.96 bits per heavy atom. The Hall–Kier alpha value is -1.78. The van der Waals surface area contributed by atoms with Crippen LogP contribution in [0.5, 0.6) is 0 Å². The van der Waals surface area contributed by atoms with Crippen molar-refractivity contribution in [1.29, 1.82) is 0 Å². The van der Waals surface area contributed by atoms with E-state index in [4.69, 9.17) is 0 Å². The Balaban J connectivity index is 0.00000392. The third-order valence-corrected chi connectivity index (χ3v) is 4.19. The van der Waals surface area contributed by atoms with E-state index in [2.05, 4.69) is 28.5 Å². The molecule has 0 aromatic heterocycles. The first-order chi connectivity index (χ1) is 12.8. The van der Waals surface area contributed by atoms with Gasteiger partial charge in [0.05, 0.1) is 0 Å². The molecule has 1 aliphatic rings. The molecule has 0 spiro atoms. The zero-order valence-electron chi connectivity index (χ0n) is 16.0. The molecule has 0 fully saturated rings. The number of alkyl halides is 3. The van der Waals surface area contributed by atoms with E-state index in [9.17, 15) is 18.0 Å². The first-order valence-corrected chi connectivity index (χ1v) is 8.88. The van der Waals surface area contributed by atoms with E-state index in [1.807, 2.05) is 30.0 Å². The number of carbonyl (C=O) groups is 1. The number of hydrogen-bond donors (Lipinski definition) is 1. The monoisotopic (exact) mass is 510 g/mol. The van der Waals surface area contributed by atoms with Crippen LogP contribution in [-0.2, 0) is 4.79 Å². The second-order valence-electron chi connectivity index (χ2n) is 6.33. The highest BCUT2D eigenvalue weighted by Gasteiger charge is 2.31. The topological polar surface area (TPSA) is 47.9 Å². The second-order valence-corrected chi connectivity index (χ2v) is 6.33. The van der Waals surface area contributed by atoms with Gasteiger partial charge in [0, 0.05) is 26.7 Å². The van der Waals surface area contributed by atoms with E-state index >= 15 is 0 Å². The number of likely N-dealkylation sites (N-methyl/N-ethyl adjacent to an activating group) is 1. The summed E-state index contributed by atoms with van der Waals surface area (Å²) in [5, 5.41) is 3.10. The number of hydrogen-bond acceptors (Lipinski definition) is 2. The van der Waals surface area contributed by atoms with E-state index in [1.165, 1.54) is 11.1 Å². The molecule has 1 heterocycles. The molecule has 0 saturated heterocycles. The van der Waals surface area contributed by atoms with Gasteiger partial charge in [-0.3, -0.25) is 4.79 Å². The molecule has 1 amide bonds. The summed E-state index contributed by atoms with van der Waals surface area (Å²) in [6, 6.07) is 10.1. The van der Waals surface area contributed by atoms with Crippen molar-refractivity contribution in [3.63, 3.8) is 0 Å². The summed E-state index contributed by atoms with van der Waals surface area (Å²) in [5.74, 6) is -0.130. The van der Waals surface area contributed by atoms with Crippen LogP contribution in [0.4, 0.5) is 13.2 Å². The molecule has 0 unspecified atom stereocenters. The molecule has 1 aliphatic heterocycles. The number of carbonyl (C=O) groups excluding carboxylic acids is 1. The predicted molar refractivity (Wildman–Crippen MR) is 116 cm³/mol. The molecule has 0 saturated carbocycles. The Morgan fingerprint density at radius 3 is 2.50 bits per heavy atom. The van der Waals surface area contributed by atoms with Crippen LogP contribution in [0.25, 0.3) is 5.57 Å². The zero-order chi connectivity index (χ0) is 19.9. The smallest absolute Gasteiger partial charge is 0.356 e. The summed E-state index contributed by atoms with van der Waals surface area (Å²) < 4.78 is 37.2. The van der Waals surface area contributed by atoms with Gasteiger partial charge in [0.15, 0.2) is 5.96 Å². The highest BCUT2D eigenvalue weighted by molar-refractivity contribution is 14.0. The molecule has 1 aromatic rings. The van der Waals surface area contributed by atoms with Crippen LogP contribution >= 0.6 is 24.0 Å². The number of nitrogens with zero attached hydrogens (tertiary/aromatic N) is 3. The van der Waals surface area contributed by atoms with Crippen molar-refractivity contribution in [2.75, 3.05) is 39.8 Å². The molecule has 5 nitrogen and oxygen atoms in total. The Bertz CT molecular complexity index is 692. The molecular weight excluding hydrogens is 484 g/mol. The van der Waals surface area contributed by atoms with Gasteiger partial charge in [-0.2, -0.15) is 13.2 Å². The molecule has 0 radical (unpaired) electrons. The number of guanidine groups is 1. The number of benzene rings is 1. The maximum atomic E-state index is 12.4. The lowest BCUT2D eigenvalue weighted by Gasteiger charge is -2.30. The van der Waals surface area contributed by atoms with Gasteiger partial charge in [-0.15, -0.1) is 24.0 Å². The van der Waals surface area contributed by atoms with Crippen molar-refractivity contribution in [3.05, 3.63) is 42.0 Å². The Labute approximate surface area is 180 Å². The van der Waals surface area contributed by atoms with Crippen LogP contribution in [0, 0.1) is 0 Å². The molecule has 2 rings (SSSR count). The van der Waals surface area contributed by atoms with Gasteiger partial charge in [0.1, 0.15) is 13.1 Å². The SMILES string of the molecule is CCNC(=NCC(=O)N(C)CC(F)(F)F)N1CC=C(c2ccccc2)CC1.I. The Morgan fingerprint density at radius 1 is 1.29 bits per heavy atom. The maximum absolute atomic E-state index is 12.4. The number of amides is 1. The van der Waals surface area contributed by atoms with Gasteiger partial charge in [0.25, 0.3) is 0 Å².